The number of aromatic nitrogens is 3. The molecule has 34 heavy (non-hydrogen) atoms. The summed E-state index contributed by atoms with van der Waals surface area (Å²) in [6, 6.07) is 7.25. The number of piperazine rings is 1. The van der Waals surface area contributed by atoms with Crippen molar-refractivity contribution < 1.29 is 24.2 Å². The Morgan fingerprint density at radius 1 is 1.12 bits per heavy atom. The molecule has 0 saturated carbocycles. The Kier molecular flexibility index (Phi) is 5.94. The molecule has 2 aromatic heterocycles. The first-order valence-electron chi connectivity index (χ1n) is 10.8. The number of nitrogens with one attached hydrogen (secondary N) is 1. The number of amides is 1. The van der Waals surface area contributed by atoms with Crippen molar-refractivity contribution in [3.63, 3.8) is 0 Å². The Morgan fingerprint density at radius 3 is 2.41 bits per heavy atom. The third kappa shape index (κ3) is 4.41. The minimum Gasteiger partial charge on any atom is -0.496 e. The van der Waals surface area contributed by atoms with Crippen molar-refractivity contribution in [1.29, 1.82) is 0 Å². The summed E-state index contributed by atoms with van der Waals surface area (Å²) < 4.78 is 12.3. The number of H-pyrrole nitrogens is 1. The zero-order chi connectivity index (χ0) is 24.6. The van der Waals surface area contributed by atoms with Crippen LogP contribution >= 0.6 is 0 Å². The SMILES string of the molecule is COc1ccccc1-c1c(N2CCN(C(=O)OC(C)(C)C)CC2)nn2cc(C(=O)O)[nH]c(=O)c12. The van der Waals surface area contributed by atoms with Gasteiger partial charge in [-0.3, -0.25) is 4.79 Å². The number of benzene rings is 1. The summed E-state index contributed by atoms with van der Waals surface area (Å²) in [7, 11) is 1.54. The topological polar surface area (TPSA) is 129 Å². The maximum Gasteiger partial charge on any atom is 0.410 e. The number of hydrogen-bond donors (Lipinski definition) is 2. The maximum atomic E-state index is 13.0. The van der Waals surface area contributed by atoms with Crippen molar-refractivity contribution in [2.45, 2.75) is 26.4 Å². The van der Waals surface area contributed by atoms with Crippen LogP contribution in [0.15, 0.2) is 35.3 Å². The Balaban J connectivity index is 1.77. The van der Waals surface area contributed by atoms with Crippen LogP contribution in [0.25, 0.3) is 16.6 Å². The molecule has 3 heterocycles. The quantitative estimate of drug-likeness (QED) is 0.596. The molecule has 11 heteroatoms. The van der Waals surface area contributed by atoms with Gasteiger partial charge in [-0.2, -0.15) is 0 Å². The molecule has 11 nitrogen and oxygen atoms in total. The number of aromatic amines is 1. The van der Waals surface area contributed by atoms with Crippen molar-refractivity contribution in [1.82, 2.24) is 19.5 Å². The first-order valence-corrected chi connectivity index (χ1v) is 10.8. The molecular formula is C23H27N5O6. The van der Waals surface area contributed by atoms with E-state index in [4.69, 9.17) is 9.47 Å². The van der Waals surface area contributed by atoms with Crippen LogP contribution in [0.1, 0.15) is 31.3 Å². The van der Waals surface area contributed by atoms with Crippen LogP contribution < -0.4 is 15.2 Å². The van der Waals surface area contributed by atoms with E-state index in [2.05, 4.69) is 10.1 Å². The van der Waals surface area contributed by atoms with E-state index in [0.717, 1.165) is 0 Å². The molecule has 0 spiro atoms. The van der Waals surface area contributed by atoms with Gasteiger partial charge in [0.05, 0.1) is 18.9 Å². The molecule has 1 aliphatic heterocycles. The average Bonchev–Trinajstić information content (AvgIpc) is 3.18. The highest BCUT2D eigenvalue weighted by Crippen LogP contribution is 2.38. The van der Waals surface area contributed by atoms with Crippen LogP contribution in [0.5, 0.6) is 5.75 Å². The van der Waals surface area contributed by atoms with Crippen LogP contribution in [0.4, 0.5) is 10.6 Å². The van der Waals surface area contributed by atoms with E-state index >= 15 is 0 Å². The van der Waals surface area contributed by atoms with E-state index in [1.807, 2.05) is 43.9 Å². The van der Waals surface area contributed by atoms with Crippen molar-refractivity contribution in [3.8, 4) is 16.9 Å². The zero-order valence-electron chi connectivity index (χ0n) is 19.5. The van der Waals surface area contributed by atoms with E-state index in [9.17, 15) is 19.5 Å². The first kappa shape index (κ1) is 23.1. The standard InChI is InChI=1S/C23H27N5O6/c1-23(2,3)34-22(32)27-11-9-26(10-12-27)19-17(14-7-5-6-8-16(14)33-4)18-20(29)24-15(21(30)31)13-28(18)25-19/h5-8,13H,9-12H2,1-4H3,(H,24,29)(H,30,31). The number of rotatable bonds is 4. The summed E-state index contributed by atoms with van der Waals surface area (Å²) in [5.41, 5.74) is -0.0474. The Bertz CT molecular complexity index is 1300. The van der Waals surface area contributed by atoms with Gasteiger partial charge in [-0.15, -0.1) is 5.10 Å². The smallest absolute Gasteiger partial charge is 0.410 e. The second-order valence-electron chi connectivity index (χ2n) is 8.95. The predicted octanol–water partition coefficient (Wildman–Crippen LogP) is 2.45. The van der Waals surface area contributed by atoms with Crippen molar-refractivity contribution in [3.05, 3.63) is 46.5 Å². The molecule has 0 bridgehead atoms. The third-order valence-electron chi connectivity index (χ3n) is 5.44. The second-order valence-corrected chi connectivity index (χ2v) is 8.95. The molecular weight excluding hydrogens is 442 g/mol. The molecule has 0 radical (unpaired) electrons. The molecule has 4 rings (SSSR count). The average molecular weight is 469 g/mol. The van der Waals surface area contributed by atoms with Crippen LogP contribution in [0.3, 0.4) is 0 Å². The normalized spacial score (nSPS) is 14.4. The number of anilines is 1. The Labute approximate surface area is 195 Å². The van der Waals surface area contributed by atoms with Crippen molar-refractivity contribution >= 4 is 23.4 Å². The molecule has 1 fully saturated rings. The van der Waals surface area contributed by atoms with E-state index < -0.39 is 17.1 Å². The van der Waals surface area contributed by atoms with Crippen LogP contribution in [0.2, 0.25) is 0 Å². The van der Waals surface area contributed by atoms with E-state index in [-0.39, 0.29) is 17.3 Å². The fourth-order valence-corrected chi connectivity index (χ4v) is 3.93. The molecule has 0 atom stereocenters. The fraction of sp³-hybridized carbons (Fsp3) is 0.391. The number of aromatic carboxylic acids is 1. The molecule has 0 unspecified atom stereocenters. The zero-order valence-corrected chi connectivity index (χ0v) is 19.5. The van der Waals surface area contributed by atoms with Gasteiger partial charge in [-0.05, 0) is 26.8 Å². The van der Waals surface area contributed by atoms with Crippen LogP contribution in [-0.2, 0) is 4.74 Å². The number of carbonyl (C=O) groups excluding carboxylic acids is 1. The lowest BCUT2D eigenvalue weighted by atomic mass is 10.0. The monoisotopic (exact) mass is 469 g/mol. The Hall–Kier alpha value is -4.02. The lowest BCUT2D eigenvalue weighted by Gasteiger charge is -2.36. The highest BCUT2D eigenvalue weighted by Gasteiger charge is 2.30. The maximum absolute atomic E-state index is 13.0. The summed E-state index contributed by atoms with van der Waals surface area (Å²) in [5, 5.41) is 14.0. The lowest BCUT2D eigenvalue weighted by Crippen LogP contribution is -2.50. The lowest BCUT2D eigenvalue weighted by molar-refractivity contribution is 0.0240. The van der Waals surface area contributed by atoms with Gasteiger partial charge in [0.1, 0.15) is 22.6 Å². The highest BCUT2D eigenvalue weighted by molar-refractivity contribution is 5.93. The molecule has 0 aliphatic carbocycles. The molecule has 1 amide bonds. The van der Waals surface area contributed by atoms with E-state index in [1.54, 1.807) is 11.0 Å². The number of hydrogen-bond acceptors (Lipinski definition) is 7. The largest absolute Gasteiger partial charge is 0.496 e. The minimum atomic E-state index is -1.26. The molecule has 2 N–H and O–H groups in total. The van der Waals surface area contributed by atoms with E-state index in [1.165, 1.54) is 17.8 Å². The fourth-order valence-electron chi connectivity index (χ4n) is 3.93. The number of carboxylic acid groups (broad SMARTS) is 1. The summed E-state index contributed by atoms with van der Waals surface area (Å²) in [4.78, 5) is 42.9. The summed E-state index contributed by atoms with van der Waals surface area (Å²) in [5.74, 6) is -0.213. The van der Waals surface area contributed by atoms with Crippen molar-refractivity contribution in [2.75, 3.05) is 38.2 Å². The molecule has 1 saturated heterocycles. The van der Waals surface area contributed by atoms with Crippen LogP contribution in [0, 0.1) is 0 Å². The number of nitrogens with zero attached hydrogens (tertiary/aromatic N) is 4. The number of para-hydroxylation sites is 1. The second kappa shape index (κ2) is 8.73. The third-order valence-corrected chi connectivity index (χ3v) is 5.44. The van der Waals surface area contributed by atoms with Gasteiger partial charge in [-0.25, -0.2) is 14.1 Å². The number of fused-ring (bicyclic) bond motifs is 1. The predicted molar refractivity (Wildman–Crippen MR) is 125 cm³/mol. The van der Waals surface area contributed by atoms with Gasteiger partial charge in [-0.1, -0.05) is 18.2 Å². The number of carbonyl (C=O) groups is 2. The van der Waals surface area contributed by atoms with Gasteiger partial charge < -0.3 is 29.4 Å². The van der Waals surface area contributed by atoms with Gasteiger partial charge in [0, 0.05) is 31.7 Å². The van der Waals surface area contributed by atoms with Gasteiger partial charge >= 0.3 is 12.1 Å². The van der Waals surface area contributed by atoms with Crippen LogP contribution in [-0.4, -0.2) is 75.6 Å². The molecule has 1 aromatic carbocycles. The Morgan fingerprint density at radius 2 is 1.79 bits per heavy atom. The molecule has 1 aliphatic rings. The van der Waals surface area contributed by atoms with Crippen molar-refractivity contribution in [2.24, 2.45) is 0 Å². The molecule has 180 valence electrons. The molecule has 3 aromatic rings. The van der Waals surface area contributed by atoms with Gasteiger partial charge in [0.2, 0.25) is 0 Å². The summed E-state index contributed by atoms with van der Waals surface area (Å²) in [6.45, 7) is 7.18. The highest BCUT2D eigenvalue weighted by atomic mass is 16.6. The van der Waals surface area contributed by atoms with E-state index in [0.29, 0.717) is 48.9 Å². The number of methoxy groups -OCH3 is 1. The van der Waals surface area contributed by atoms with Gasteiger partial charge in [0.15, 0.2) is 5.82 Å². The first-order chi connectivity index (χ1) is 16.1. The summed E-state index contributed by atoms with van der Waals surface area (Å²) >= 11 is 0. The van der Waals surface area contributed by atoms with Gasteiger partial charge in [0.25, 0.3) is 5.56 Å². The summed E-state index contributed by atoms with van der Waals surface area (Å²) in [6.07, 6.45) is 0.896. The number of ether oxygens (including phenoxy) is 2. The minimum absolute atomic E-state index is 0.207. The number of carboxylic acids is 1.